The van der Waals surface area contributed by atoms with Crippen LogP contribution in [0.5, 0.6) is 0 Å². The smallest absolute Gasteiger partial charge is 0.273 e. The molecule has 0 atom stereocenters. The van der Waals surface area contributed by atoms with E-state index >= 15 is 0 Å². The van der Waals surface area contributed by atoms with E-state index in [0.29, 0.717) is 5.56 Å². The van der Waals surface area contributed by atoms with E-state index in [0.717, 1.165) is 0 Å². The Morgan fingerprint density at radius 3 is 2.60 bits per heavy atom. The molecule has 1 aliphatic rings. The van der Waals surface area contributed by atoms with Crippen LogP contribution in [-0.4, -0.2) is 16.5 Å². The quantitative estimate of drug-likeness (QED) is 0.393. The van der Waals surface area contributed by atoms with Crippen molar-refractivity contribution in [3.8, 4) is 0 Å². The third-order valence-electron chi connectivity index (χ3n) is 2.45. The van der Waals surface area contributed by atoms with Gasteiger partial charge in [0.25, 0.3) is 5.69 Å². The summed E-state index contributed by atoms with van der Waals surface area (Å²) in [7, 11) is 0. The molecule has 0 saturated carbocycles. The molecule has 1 aromatic carbocycles. The summed E-state index contributed by atoms with van der Waals surface area (Å²) in [5.74, 6) is -1.08. The molecule has 0 N–H and O–H groups in total. The summed E-state index contributed by atoms with van der Waals surface area (Å²) >= 11 is 0. The van der Waals surface area contributed by atoms with Gasteiger partial charge in [0.15, 0.2) is 0 Å². The Hall–Kier alpha value is -2.04. The highest BCUT2D eigenvalue weighted by molar-refractivity contribution is 6.45. The normalized spacial score (nSPS) is 14.9. The van der Waals surface area contributed by atoms with Gasteiger partial charge in [0.2, 0.25) is 11.6 Å². The number of fused-ring (bicyclic) bond motifs is 1. The lowest BCUT2D eigenvalue weighted by molar-refractivity contribution is -0.385. The number of rotatable bonds is 1. The molecular weight excluding hydrogens is 198 g/mol. The van der Waals surface area contributed by atoms with Crippen LogP contribution in [0, 0.1) is 10.1 Å². The van der Waals surface area contributed by atoms with Crippen molar-refractivity contribution < 1.29 is 14.5 Å². The Morgan fingerprint density at radius 1 is 1.20 bits per heavy atom. The fraction of sp³-hybridized carbons (Fsp3) is 0.200. The summed E-state index contributed by atoms with van der Waals surface area (Å²) in [5, 5.41) is 10.7. The Kier molecular flexibility index (Phi) is 2.07. The molecule has 0 aliphatic heterocycles. The highest BCUT2D eigenvalue weighted by Gasteiger charge is 2.29. The molecule has 0 amide bonds. The number of hydrogen-bond acceptors (Lipinski definition) is 4. The number of ketones is 2. The minimum atomic E-state index is -0.611. The molecule has 76 valence electrons. The number of carbonyl (C=O) groups excluding carboxylic acids is 2. The lowest BCUT2D eigenvalue weighted by Gasteiger charge is -2.12. The zero-order valence-electron chi connectivity index (χ0n) is 7.73. The minimum absolute atomic E-state index is 0.0662. The number of hydrogen-bond donors (Lipinski definition) is 0. The zero-order chi connectivity index (χ0) is 11.0. The van der Waals surface area contributed by atoms with Crippen LogP contribution in [0.25, 0.3) is 0 Å². The van der Waals surface area contributed by atoms with Gasteiger partial charge in [0.05, 0.1) is 4.92 Å². The van der Waals surface area contributed by atoms with Crippen LogP contribution in [0.4, 0.5) is 5.69 Å². The van der Waals surface area contributed by atoms with Crippen LogP contribution >= 0.6 is 0 Å². The second-order valence-corrected chi connectivity index (χ2v) is 3.31. The number of nitro benzene ring substituents is 1. The number of carbonyl (C=O) groups is 2. The second-order valence-electron chi connectivity index (χ2n) is 3.31. The topological polar surface area (TPSA) is 77.3 Å². The number of benzene rings is 1. The fourth-order valence-electron chi connectivity index (χ4n) is 1.72. The van der Waals surface area contributed by atoms with Gasteiger partial charge in [-0.2, -0.15) is 0 Å². The Bertz CT molecular complexity index is 478. The van der Waals surface area contributed by atoms with Crippen LogP contribution in [-0.2, 0) is 11.2 Å². The third kappa shape index (κ3) is 1.41. The summed E-state index contributed by atoms with van der Waals surface area (Å²) < 4.78 is 0. The van der Waals surface area contributed by atoms with Gasteiger partial charge in [-0.05, 0) is 6.42 Å². The molecule has 0 spiro atoms. The molecule has 0 saturated heterocycles. The van der Waals surface area contributed by atoms with Gasteiger partial charge in [-0.15, -0.1) is 0 Å². The number of nitrogens with zero attached hydrogens (tertiary/aromatic N) is 1. The number of nitro groups is 1. The van der Waals surface area contributed by atoms with Gasteiger partial charge in [-0.3, -0.25) is 19.7 Å². The van der Waals surface area contributed by atoms with E-state index in [4.69, 9.17) is 0 Å². The van der Waals surface area contributed by atoms with E-state index in [2.05, 4.69) is 0 Å². The van der Waals surface area contributed by atoms with Gasteiger partial charge < -0.3 is 0 Å². The van der Waals surface area contributed by atoms with Gasteiger partial charge in [0, 0.05) is 23.6 Å². The van der Waals surface area contributed by atoms with Crippen LogP contribution in [0.2, 0.25) is 0 Å². The minimum Gasteiger partial charge on any atom is -0.290 e. The van der Waals surface area contributed by atoms with E-state index in [1.54, 1.807) is 0 Å². The first-order valence-electron chi connectivity index (χ1n) is 4.45. The maximum absolute atomic E-state index is 11.4. The molecule has 5 nitrogen and oxygen atoms in total. The molecule has 0 fully saturated rings. The maximum atomic E-state index is 11.4. The third-order valence-corrected chi connectivity index (χ3v) is 2.45. The molecular formula is C10H7NO4. The standard InChI is InChI=1S/C10H7NO4/c12-9-5-4-6-7(10(9)13)2-1-3-8(6)11(14)15/h1-3H,4-5H2. The Labute approximate surface area is 84.9 Å². The molecule has 0 aromatic heterocycles. The molecule has 1 aromatic rings. The van der Waals surface area contributed by atoms with Crippen molar-refractivity contribution in [1.29, 1.82) is 0 Å². The second kappa shape index (κ2) is 3.27. The van der Waals surface area contributed by atoms with E-state index < -0.39 is 16.5 Å². The average Bonchev–Trinajstić information content (AvgIpc) is 2.23. The first-order valence-corrected chi connectivity index (χ1v) is 4.45. The van der Waals surface area contributed by atoms with Crippen molar-refractivity contribution in [3.05, 3.63) is 39.4 Å². The largest absolute Gasteiger partial charge is 0.290 e. The summed E-state index contributed by atoms with van der Waals surface area (Å²) in [6, 6.07) is 4.23. The Balaban J connectivity index is 2.63. The SMILES string of the molecule is O=C1CCc2c(cccc2[N+](=O)[O-])C1=O. The van der Waals surface area contributed by atoms with Gasteiger partial charge >= 0.3 is 0 Å². The van der Waals surface area contributed by atoms with Crippen molar-refractivity contribution in [2.45, 2.75) is 12.8 Å². The van der Waals surface area contributed by atoms with E-state index in [9.17, 15) is 19.7 Å². The highest BCUT2D eigenvalue weighted by Crippen LogP contribution is 2.27. The van der Waals surface area contributed by atoms with Crippen molar-refractivity contribution in [3.63, 3.8) is 0 Å². The van der Waals surface area contributed by atoms with E-state index in [-0.39, 0.29) is 24.1 Å². The molecule has 1 aliphatic carbocycles. The summed E-state index contributed by atoms with van der Waals surface area (Å²) in [6.45, 7) is 0. The van der Waals surface area contributed by atoms with Gasteiger partial charge in [-0.25, -0.2) is 0 Å². The van der Waals surface area contributed by atoms with E-state index in [1.165, 1.54) is 18.2 Å². The predicted octanol–water partition coefficient (Wildman–Crippen LogP) is 1.29. The van der Waals surface area contributed by atoms with Gasteiger partial charge in [0.1, 0.15) is 0 Å². The van der Waals surface area contributed by atoms with Crippen molar-refractivity contribution in [2.75, 3.05) is 0 Å². The average molecular weight is 205 g/mol. The lowest BCUT2D eigenvalue weighted by Crippen LogP contribution is -2.22. The number of Topliss-reactive ketones (excluding diaryl/α,β-unsaturated/α-hetero) is 2. The predicted molar refractivity (Wildman–Crippen MR) is 50.8 cm³/mol. The van der Waals surface area contributed by atoms with Gasteiger partial charge in [-0.1, -0.05) is 12.1 Å². The monoisotopic (exact) mass is 205 g/mol. The van der Waals surface area contributed by atoms with Crippen LogP contribution < -0.4 is 0 Å². The van der Waals surface area contributed by atoms with Crippen LogP contribution in [0.15, 0.2) is 18.2 Å². The van der Waals surface area contributed by atoms with Crippen molar-refractivity contribution in [1.82, 2.24) is 0 Å². The van der Waals surface area contributed by atoms with Crippen molar-refractivity contribution in [2.24, 2.45) is 0 Å². The molecule has 5 heteroatoms. The molecule has 0 bridgehead atoms. The zero-order valence-corrected chi connectivity index (χ0v) is 7.73. The molecule has 0 radical (unpaired) electrons. The molecule has 0 unspecified atom stereocenters. The van der Waals surface area contributed by atoms with E-state index in [1.807, 2.05) is 0 Å². The first kappa shape index (κ1) is 9.51. The Morgan fingerprint density at radius 2 is 1.93 bits per heavy atom. The molecule has 15 heavy (non-hydrogen) atoms. The molecule has 0 heterocycles. The first-order chi connectivity index (χ1) is 7.11. The summed E-state index contributed by atoms with van der Waals surface area (Å²) in [6.07, 6.45) is 0.341. The lowest BCUT2D eigenvalue weighted by atomic mass is 9.89. The summed E-state index contributed by atoms with van der Waals surface area (Å²) in [4.78, 5) is 32.7. The fourth-order valence-corrected chi connectivity index (χ4v) is 1.72. The molecule has 2 rings (SSSR count). The highest BCUT2D eigenvalue weighted by atomic mass is 16.6. The van der Waals surface area contributed by atoms with Crippen molar-refractivity contribution >= 4 is 17.3 Å². The summed E-state index contributed by atoms with van der Waals surface area (Å²) in [5.41, 5.74) is 0.487. The maximum Gasteiger partial charge on any atom is 0.273 e. The van der Waals surface area contributed by atoms with Crippen LogP contribution in [0.1, 0.15) is 22.3 Å². The van der Waals surface area contributed by atoms with Crippen LogP contribution in [0.3, 0.4) is 0 Å².